The minimum Gasteiger partial charge on any atom is -0.468 e. The Morgan fingerprint density at radius 2 is 2.10 bits per heavy atom. The summed E-state index contributed by atoms with van der Waals surface area (Å²) in [4.78, 5) is 0. The van der Waals surface area contributed by atoms with E-state index < -0.39 is 10.0 Å². The van der Waals surface area contributed by atoms with E-state index in [0.717, 1.165) is 25.1 Å². The van der Waals surface area contributed by atoms with Gasteiger partial charge in [0.1, 0.15) is 5.76 Å². The fraction of sp³-hybridized carbons (Fsp3) is 0.714. The first-order chi connectivity index (χ1) is 9.65. The normalized spacial score (nSPS) is 19.6. The van der Waals surface area contributed by atoms with Crippen LogP contribution in [-0.4, -0.2) is 37.1 Å². The van der Waals surface area contributed by atoms with Crippen molar-refractivity contribution in [1.82, 2.24) is 9.62 Å². The molecule has 112 valence electrons. The first-order valence-electron chi connectivity index (χ1n) is 7.40. The maximum absolute atomic E-state index is 12.5. The number of nitrogens with one attached hydrogen (secondary N) is 1. The summed E-state index contributed by atoms with van der Waals surface area (Å²) in [6.07, 6.45) is 6.69. The van der Waals surface area contributed by atoms with Crippen LogP contribution in [0, 0.1) is 0 Å². The Morgan fingerprint density at radius 1 is 1.30 bits per heavy atom. The van der Waals surface area contributed by atoms with E-state index in [4.69, 9.17) is 4.42 Å². The number of hydrogen-bond acceptors (Lipinski definition) is 4. The predicted octanol–water partition coefficient (Wildman–Crippen LogP) is 1.72. The molecule has 0 unspecified atom stereocenters. The van der Waals surface area contributed by atoms with E-state index >= 15 is 0 Å². The Balaban J connectivity index is 1.54. The van der Waals surface area contributed by atoms with Gasteiger partial charge < -0.3 is 9.73 Å². The van der Waals surface area contributed by atoms with Crippen LogP contribution in [0.25, 0.3) is 0 Å². The van der Waals surface area contributed by atoms with Gasteiger partial charge in [0, 0.05) is 12.1 Å². The Bertz CT molecular complexity index is 519. The van der Waals surface area contributed by atoms with Gasteiger partial charge in [0.15, 0.2) is 0 Å². The first-order valence-corrected chi connectivity index (χ1v) is 9.01. The molecule has 20 heavy (non-hydrogen) atoms. The third-order valence-electron chi connectivity index (χ3n) is 3.79. The lowest BCUT2D eigenvalue weighted by molar-refractivity contribution is 0.356. The molecule has 3 rings (SSSR count). The standard InChI is InChI=1S/C14H22N2O3S/c17-20(18,10-2-8-15-12-4-5-12)16(13-6-7-13)11-14-3-1-9-19-14/h1,3,9,12-13,15H,2,4-8,10-11H2. The van der Waals surface area contributed by atoms with Gasteiger partial charge in [0.2, 0.25) is 10.0 Å². The molecule has 0 atom stereocenters. The average molecular weight is 298 g/mol. The molecule has 6 heteroatoms. The molecule has 2 aliphatic carbocycles. The maximum atomic E-state index is 12.5. The van der Waals surface area contributed by atoms with Crippen LogP contribution in [0.15, 0.2) is 22.8 Å². The number of nitrogens with zero attached hydrogens (tertiary/aromatic N) is 1. The maximum Gasteiger partial charge on any atom is 0.214 e. The SMILES string of the molecule is O=S(=O)(CCCNC1CC1)N(Cc1ccco1)C1CC1. The van der Waals surface area contributed by atoms with Crippen LogP contribution in [0.4, 0.5) is 0 Å². The highest BCUT2D eigenvalue weighted by Gasteiger charge is 2.37. The molecule has 1 aromatic rings. The third-order valence-corrected chi connectivity index (χ3v) is 5.74. The quantitative estimate of drug-likeness (QED) is 0.705. The zero-order valence-electron chi connectivity index (χ0n) is 11.6. The Morgan fingerprint density at radius 3 is 2.70 bits per heavy atom. The summed E-state index contributed by atoms with van der Waals surface area (Å²) in [6, 6.07) is 4.45. The lowest BCUT2D eigenvalue weighted by Crippen LogP contribution is -2.35. The van der Waals surface area contributed by atoms with E-state index in [1.54, 1.807) is 16.6 Å². The van der Waals surface area contributed by atoms with Crippen LogP contribution in [0.5, 0.6) is 0 Å². The molecule has 1 N–H and O–H groups in total. The minimum absolute atomic E-state index is 0.182. The van der Waals surface area contributed by atoms with E-state index in [-0.39, 0.29) is 11.8 Å². The van der Waals surface area contributed by atoms with E-state index in [1.165, 1.54) is 12.8 Å². The van der Waals surface area contributed by atoms with Crippen LogP contribution < -0.4 is 5.32 Å². The van der Waals surface area contributed by atoms with Crippen molar-refractivity contribution in [3.63, 3.8) is 0 Å². The van der Waals surface area contributed by atoms with Gasteiger partial charge in [0.25, 0.3) is 0 Å². The number of hydrogen-bond donors (Lipinski definition) is 1. The van der Waals surface area contributed by atoms with Gasteiger partial charge in [-0.1, -0.05) is 0 Å². The van der Waals surface area contributed by atoms with Crippen molar-refractivity contribution >= 4 is 10.0 Å². The molecule has 0 bridgehead atoms. The molecule has 2 aliphatic rings. The van der Waals surface area contributed by atoms with Gasteiger partial charge in [-0.05, 0) is 50.8 Å². The molecule has 0 saturated heterocycles. The van der Waals surface area contributed by atoms with Crippen LogP contribution in [0.1, 0.15) is 37.9 Å². The molecule has 0 amide bonds. The van der Waals surface area contributed by atoms with Gasteiger partial charge in [-0.15, -0.1) is 0 Å². The highest BCUT2D eigenvalue weighted by molar-refractivity contribution is 7.89. The molecule has 5 nitrogen and oxygen atoms in total. The van der Waals surface area contributed by atoms with Crippen LogP contribution in [-0.2, 0) is 16.6 Å². The molecule has 1 heterocycles. The zero-order chi connectivity index (χ0) is 14.0. The average Bonchev–Trinajstić information content (AvgIpc) is 3.33. The van der Waals surface area contributed by atoms with Crippen molar-refractivity contribution in [2.24, 2.45) is 0 Å². The van der Waals surface area contributed by atoms with Crippen molar-refractivity contribution in [3.8, 4) is 0 Å². The summed E-state index contributed by atoms with van der Waals surface area (Å²) in [5.74, 6) is 0.945. The van der Waals surface area contributed by atoms with E-state index in [9.17, 15) is 8.42 Å². The summed E-state index contributed by atoms with van der Waals surface area (Å²) >= 11 is 0. The molecule has 0 aliphatic heterocycles. The summed E-state index contributed by atoms with van der Waals surface area (Å²) in [7, 11) is -3.18. The first kappa shape index (κ1) is 14.1. The molecule has 2 fully saturated rings. The lowest BCUT2D eigenvalue weighted by Gasteiger charge is -2.20. The second kappa shape index (κ2) is 5.87. The second-order valence-corrected chi connectivity index (χ2v) is 7.79. The number of sulfonamides is 1. The van der Waals surface area contributed by atoms with Gasteiger partial charge in [-0.2, -0.15) is 4.31 Å². The van der Waals surface area contributed by atoms with E-state index in [1.807, 2.05) is 6.07 Å². The molecule has 1 aromatic heterocycles. The Kier molecular flexibility index (Phi) is 4.14. The van der Waals surface area contributed by atoms with Crippen molar-refractivity contribution < 1.29 is 12.8 Å². The molecule has 0 radical (unpaired) electrons. The van der Waals surface area contributed by atoms with Gasteiger partial charge in [-0.3, -0.25) is 0 Å². The summed E-state index contributed by atoms with van der Waals surface area (Å²) in [5.41, 5.74) is 0. The van der Waals surface area contributed by atoms with Crippen LogP contribution >= 0.6 is 0 Å². The smallest absolute Gasteiger partial charge is 0.214 e. The molecular weight excluding hydrogens is 276 g/mol. The van der Waals surface area contributed by atoms with Gasteiger partial charge >= 0.3 is 0 Å². The molecule has 0 aromatic carbocycles. The third kappa shape index (κ3) is 3.84. The zero-order valence-corrected chi connectivity index (χ0v) is 12.4. The monoisotopic (exact) mass is 298 g/mol. The van der Waals surface area contributed by atoms with Crippen LogP contribution in [0.2, 0.25) is 0 Å². The highest BCUT2D eigenvalue weighted by Crippen LogP contribution is 2.31. The minimum atomic E-state index is -3.18. The molecule has 2 saturated carbocycles. The highest BCUT2D eigenvalue weighted by atomic mass is 32.2. The fourth-order valence-electron chi connectivity index (χ4n) is 2.34. The van der Waals surface area contributed by atoms with Gasteiger partial charge in [-0.25, -0.2) is 8.42 Å². The largest absolute Gasteiger partial charge is 0.468 e. The van der Waals surface area contributed by atoms with Crippen LogP contribution in [0.3, 0.4) is 0 Å². The molecule has 0 spiro atoms. The second-order valence-electron chi connectivity index (χ2n) is 5.75. The molecular formula is C14H22N2O3S. The Labute approximate surface area is 120 Å². The van der Waals surface area contributed by atoms with Gasteiger partial charge in [0.05, 0.1) is 18.6 Å². The van der Waals surface area contributed by atoms with Crippen molar-refractivity contribution in [2.75, 3.05) is 12.3 Å². The van der Waals surface area contributed by atoms with Crippen molar-refractivity contribution in [1.29, 1.82) is 0 Å². The summed E-state index contributed by atoms with van der Waals surface area (Å²) in [5, 5.41) is 3.36. The summed E-state index contributed by atoms with van der Waals surface area (Å²) in [6.45, 7) is 1.17. The van der Waals surface area contributed by atoms with E-state index in [2.05, 4.69) is 5.32 Å². The van der Waals surface area contributed by atoms with E-state index in [0.29, 0.717) is 19.0 Å². The number of rotatable bonds is 9. The Hall–Kier alpha value is -0.850. The van der Waals surface area contributed by atoms with Crippen molar-refractivity contribution in [2.45, 2.75) is 50.7 Å². The summed E-state index contributed by atoms with van der Waals surface area (Å²) < 4.78 is 31.8. The van der Waals surface area contributed by atoms with Crippen molar-refractivity contribution in [3.05, 3.63) is 24.2 Å². The fourth-order valence-corrected chi connectivity index (χ4v) is 4.07. The lowest BCUT2D eigenvalue weighted by atomic mass is 10.4. The topological polar surface area (TPSA) is 62.6 Å². The predicted molar refractivity (Wildman–Crippen MR) is 76.7 cm³/mol. The number of furan rings is 1.